The molecule has 0 spiro atoms. The van der Waals surface area contributed by atoms with E-state index < -0.39 is 19.0 Å². The quantitative estimate of drug-likeness (QED) is 0.130. The topological polar surface area (TPSA) is 36.9 Å². The summed E-state index contributed by atoms with van der Waals surface area (Å²) in [6.45, 7) is 16.5. The second kappa shape index (κ2) is 19.0. The van der Waals surface area contributed by atoms with Crippen molar-refractivity contribution in [3.05, 3.63) is 0 Å². The van der Waals surface area contributed by atoms with Gasteiger partial charge in [0.1, 0.15) is 10.8 Å². The lowest BCUT2D eigenvalue weighted by atomic mass is 10.3. The van der Waals surface area contributed by atoms with Gasteiger partial charge in [0.25, 0.3) is 0 Å². The first-order valence-electron chi connectivity index (χ1n) is 12.5. The van der Waals surface area contributed by atoms with Crippen LogP contribution in [0.1, 0.15) is 99.3 Å². The maximum absolute atomic E-state index is 6.20. The van der Waals surface area contributed by atoms with Gasteiger partial charge in [0.05, 0.1) is 19.0 Å². The van der Waals surface area contributed by atoms with Crippen molar-refractivity contribution in [1.29, 1.82) is 0 Å². The van der Waals surface area contributed by atoms with Crippen LogP contribution < -0.4 is 0 Å². The van der Waals surface area contributed by atoms with Gasteiger partial charge in [0.15, 0.2) is 0 Å². The molecule has 6 heteroatoms. The van der Waals surface area contributed by atoms with Crippen LogP contribution >= 0.6 is 0 Å². The van der Waals surface area contributed by atoms with Crippen molar-refractivity contribution in [3.63, 3.8) is 0 Å². The van der Waals surface area contributed by atoms with Crippen LogP contribution in [0, 0.1) is 0 Å². The fourth-order valence-corrected chi connectivity index (χ4v) is 7.52. The number of ether oxygens (including phenoxy) is 4. The molecular formula is C23H52O4Si2. The number of hydrogen-bond acceptors (Lipinski definition) is 4. The van der Waals surface area contributed by atoms with Crippen LogP contribution in [0.25, 0.3) is 0 Å². The van der Waals surface area contributed by atoms with Gasteiger partial charge in [-0.05, 0) is 39.5 Å². The Balaban J connectivity index is 4.36. The lowest BCUT2D eigenvalue weighted by Gasteiger charge is -2.31. The molecule has 176 valence electrons. The Morgan fingerprint density at radius 3 is 1.00 bits per heavy atom. The SMILES string of the molecule is CCCCOC(C)(OCCCC)[SiH2]CCC[SiH2]C(C)(OCCCC)OCCCC. The highest BCUT2D eigenvalue weighted by atomic mass is 28.2. The average Bonchev–Trinajstić information content (AvgIpc) is 2.69. The van der Waals surface area contributed by atoms with E-state index in [1.807, 2.05) is 0 Å². The Labute approximate surface area is 186 Å². The molecule has 0 bridgehead atoms. The molecule has 29 heavy (non-hydrogen) atoms. The third-order valence-corrected chi connectivity index (χ3v) is 9.72. The van der Waals surface area contributed by atoms with E-state index in [4.69, 9.17) is 18.9 Å². The zero-order valence-corrected chi connectivity index (χ0v) is 23.5. The normalized spacial score (nSPS) is 13.4. The van der Waals surface area contributed by atoms with Crippen LogP contribution in [0.5, 0.6) is 0 Å². The average molecular weight is 449 g/mol. The largest absolute Gasteiger partial charge is 0.355 e. The first-order chi connectivity index (χ1) is 13.9. The van der Waals surface area contributed by atoms with Crippen molar-refractivity contribution in [3.8, 4) is 0 Å². The highest BCUT2D eigenvalue weighted by Crippen LogP contribution is 2.19. The minimum absolute atomic E-state index is 0.287. The zero-order valence-electron chi connectivity index (χ0n) is 20.7. The maximum Gasteiger partial charge on any atom is 0.142 e. The summed E-state index contributed by atoms with van der Waals surface area (Å²) in [5, 5.41) is 0. The van der Waals surface area contributed by atoms with Crippen LogP contribution in [0.3, 0.4) is 0 Å². The molecule has 0 radical (unpaired) electrons. The summed E-state index contributed by atoms with van der Waals surface area (Å²) in [6.07, 6.45) is 10.5. The third-order valence-electron chi connectivity index (χ3n) is 5.38. The Morgan fingerprint density at radius 2 is 0.759 bits per heavy atom. The molecule has 0 aliphatic carbocycles. The summed E-state index contributed by atoms with van der Waals surface area (Å²) in [5.41, 5.74) is -0.575. The summed E-state index contributed by atoms with van der Waals surface area (Å²) in [5.74, 6) is 0. The monoisotopic (exact) mass is 448 g/mol. The summed E-state index contributed by atoms with van der Waals surface area (Å²) in [4.78, 5) is 0. The highest BCUT2D eigenvalue weighted by Gasteiger charge is 2.27. The summed E-state index contributed by atoms with van der Waals surface area (Å²) in [6, 6.07) is 2.56. The first-order valence-corrected chi connectivity index (χ1v) is 15.9. The van der Waals surface area contributed by atoms with Gasteiger partial charge < -0.3 is 18.9 Å². The molecule has 0 aromatic heterocycles. The van der Waals surface area contributed by atoms with Gasteiger partial charge in [-0.3, -0.25) is 0 Å². The van der Waals surface area contributed by atoms with Crippen molar-refractivity contribution in [2.45, 2.75) is 122 Å². The molecule has 0 atom stereocenters. The van der Waals surface area contributed by atoms with E-state index in [1.54, 1.807) is 0 Å². The van der Waals surface area contributed by atoms with E-state index in [-0.39, 0.29) is 10.8 Å². The Hall–Kier alpha value is 0.274. The molecule has 0 unspecified atom stereocenters. The number of hydrogen-bond donors (Lipinski definition) is 0. The predicted molar refractivity (Wildman–Crippen MR) is 132 cm³/mol. The molecule has 0 fully saturated rings. The smallest absolute Gasteiger partial charge is 0.142 e. The van der Waals surface area contributed by atoms with Crippen LogP contribution in [0.4, 0.5) is 0 Å². The lowest BCUT2D eigenvalue weighted by Crippen LogP contribution is -2.41. The number of rotatable bonds is 22. The molecule has 0 saturated heterocycles. The van der Waals surface area contributed by atoms with E-state index in [1.165, 1.54) is 44.2 Å². The summed E-state index contributed by atoms with van der Waals surface area (Å²) in [7, 11) is -0.869. The van der Waals surface area contributed by atoms with Gasteiger partial charge in [-0.2, -0.15) is 0 Å². The second-order valence-electron chi connectivity index (χ2n) is 8.64. The van der Waals surface area contributed by atoms with Gasteiger partial charge in [0, 0.05) is 26.4 Å². The minimum atomic E-state index is -0.434. The van der Waals surface area contributed by atoms with Crippen LogP contribution in [-0.4, -0.2) is 56.3 Å². The van der Waals surface area contributed by atoms with Crippen molar-refractivity contribution in [1.82, 2.24) is 0 Å². The molecule has 0 aromatic rings. The van der Waals surface area contributed by atoms with Crippen molar-refractivity contribution >= 4 is 19.0 Å². The highest BCUT2D eigenvalue weighted by molar-refractivity contribution is 6.40. The van der Waals surface area contributed by atoms with E-state index in [0.29, 0.717) is 0 Å². The molecule has 0 aliphatic rings. The van der Waals surface area contributed by atoms with Crippen molar-refractivity contribution in [2.75, 3.05) is 26.4 Å². The second-order valence-corrected chi connectivity index (χ2v) is 13.6. The molecule has 0 aliphatic heterocycles. The van der Waals surface area contributed by atoms with E-state index in [2.05, 4.69) is 41.5 Å². The zero-order chi connectivity index (χ0) is 21.8. The maximum atomic E-state index is 6.20. The summed E-state index contributed by atoms with van der Waals surface area (Å²) >= 11 is 0. The third kappa shape index (κ3) is 16.6. The van der Waals surface area contributed by atoms with E-state index >= 15 is 0 Å². The van der Waals surface area contributed by atoms with Crippen molar-refractivity contribution < 1.29 is 18.9 Å². The fraction of sp³-hybridized carbons (Fsp3) is 1.00. The summed E-state index contributed by atoms with van der Waals surface area (Å²) < 4.78 is 24.8. The molecule has 0 amide bonds. The minimum Gasteiger partial charge on any atom is -0.355 e. The predicted octanol–water partition coefficient (Wildman–Crippen LogP) is 5.16. The van der Waals surface area contributed by atoms with Crippen LogP contribution in [-0.2, 0) is 18.9 Å². The fourth-order valence-electron chi connectivity index (χ4n) is 3.17. The van der Waals surface area contributed by atoms with Gasteiger partial charge in [0.2, 0.25) is 0 Å². The van der Waals surface area contributed by atoms with Gasteiger partial charge in [-0.15, -0.1) is 0 Å². The molecule has 0 rings (SSSR count). The number of unbranched alkanes of at least 4 members (excludes halogenated alkanes) is 4. The molecule has 4 nitrogen and oxygen atoms in total. The molecule has 0 N–H and O–H groups in total. The Morgan fingerprint density at radius 1 is 0.483 bits per heavy atom. The van der Waals surface area contributed by atoms with E-state index in [9.17, 15) is 0 Å². The van der Waals surface area contributed by atoms with E-state index in [0.717, 1.165) is 52.1 Å². The van der Waals surface area contributed by atoms with Gasteiger partial charge in [-0.25, -0.2) is 0 Å². The van der Waals surface area contributed by atoms with Crippen LogP contribution in [0.2, 0.25) is 12.1 Å². The standard InChI is InChI=1S/C23H52O4Si2/c1-7-11-16-24-22(5,25-17-12-8-2)28-20-15-21-29-23(6,26-18-13-9-3)27-19-14-10-4/h7-21,28-29H2,1-6H3. The van der Waals surface area contributed by atoms with Crippen molar-refractivity contribution in [2.24, 2.45) is 0 Å². The van der Waals surface area contributed by atoms with Gasteiger partial charge in [-0.1, -0.05) is 71.9 Å². The Bertz CT molecular complexity index is 304. The molecular weight excluding hydrogens is 396 g/mol. The Kier molecular flexibility index (Phi) is 19.2. The molecule has 0 aromatic carbocycles. The lowest BCUT2D eigenvalue weighted by molar-refractivity contribution is -0.170. The molecule has 0 saturated carbocycles. The first kappa shape index (κ1) is 29.3. The molecule has 0 heterocycles. The van der Waals surface area contributed by atoms with Crippen LogP contribution in [0.15, 0.2) is 0 Å². The van der Waals surface area contributed by atoms with Gasteiger partial charge >= 0.3 is 0 Å².